The fraction of sp³-hybridized carbons (Fsp3) is 0.280. The number of halogens is 4. The zero-order valence-electron chi connectivity index (χ0n) is 21.3. The topological polar surface area (TPSA) is 156 Å². The van der Waals surface area contributed by atoms with E-state index in [1.54, 1.807) is 23.1 Å². The van der Waals surface area contributed by atoms with Crippen molar-refractivity contribution in [3.8, 4) is 0 Å². The molecular formula is C25H23ClF3N5O6S. The molecule has 218 valence electrons. The molecule has 16 heteroatoms. The minimum absolute atomic E-state index is 0.230. The number of thiophene rings is 1. The van der Waals surface area contributed by atoms with Gasteiger partial charge in [-0.1, -0.05) is 17.7 Å². The van der Waals surface area contributed by atoms with E-state index in [9.17, 15) is 27.6 Å². The molecule has 2 aromatic heterocycles. The monoisotopic (exact) mass is 613 g/mol. The lowest BCUT2D eigenvalue weighted by Crippen LogP contribution is -2.47. The van der Waals surface area contributed by atoms with Gasteiger partial charge in [-0.3, -0.25) is 14.4 Å². The van der Waals surface area contributed by atoms with Gasteiger partial charge in [-0.05, 0) is 42.3 Å². The highest BCUT2D eigenvalue weighted by atomic mass is 35.5. The smallest absolute Gasteiger partial charge is 0.475 e. The highest BCUT2D eigenvalue weighted by molar-refractivity contribution is 7.17. The maximum atomic E-state index is 13.2. The van der Waals surface area contributed by atoms with Crippen LogP contribution < -0.4 is 5.73 Å². The molecular weight excluding hydrogens is 591 g/mol. The number of fused-ring (bicyclic) bond motifs is 1. The Labute approximate surface area is 240 Å². The van der Waals surface area contributed by atoms with Crippen molar-refractivity contribution in [1.82, 2.24) is 19.8 Å². The number of aliphatic carboxylic acids is 1. The van der Waals surface area contributed by atoms with Crippen molar-refractivity contribution in [3.63, 3.8) is 0 Å². The van der Waals surface area contributed by atoms with Crippen LogP contribution in [0.4, 0.5) is 19.0 Å². The van der Waals surface area contributed by atoms with Gasteiger partial charge in [0.15, 0.2) is 0 Å². The molecule has 0 radical (unpaired) electrons. The fourth-order valence-corrected chi connectivity index (χ4v) is 4.79. The normalized spacial score (nSPS) is 15.1. The van der Waals surface area contributed by atoms with Crippen LogP contribution in [0, 0.1) is 0 Å². The number of hydrogen-bond donors (Lipinski definition) is 2. The Hall–Kier alpha value is -4.24. The molecule has 0 spiro atoms. The van der Waals surface area contributed by atoms with Gasteiger partial charge in [0.05, 0.1) is 17.0 Å². The van der Waals surface area contributed by atoms with Gasteiger partial charge in [-0.25, -0.2) is 14.8 Å². The first-order chi connectivity index (χ1) is 19.3. The number of carbonyl (C=O) groups is 4. The summed E-state index contributed by atoms with van der Waals surface area (Å²) in [5.41, 5.74) is 7.45. The molecule has 0 bridgehead atoms. The molecule has 4 rings (SSSR count). The van der Waals surface area contributed by atoms with Crippen LogP contribution in [-0.4, -0.2) is 81.0 Å². The average Bonchev–Trinajstić information content (AvgIpc) is 3.50. The number of hydrogen-bond acceptors (Lipinski definition) is 9. The molecule has 1 aromatic carbocycles. The number of benzene rings is 1. The molecule has 0 unspecified atom stereocenters. The fourth-order valence-electron chi connectivity index (χ4n) is 3.82. The van der Waals surface area contributed by atoms with E-state index in [-0.39, 0.29) is 12.5 Å². The second-order valence-corrected chi connectivity index (χ2v) is 10.2. The molecule has 3 aromatic rings. The first-order valence-electron chi connectivity index (χ1n) is 11.7. The van der Waals surface area contributed by atoms with Gasteiger partial charge in [-0.15, -0.1) is 11.3 Å². The predicted octanol–water partition coefficient (Wildman–Crippen LogP) is 3.38. The van der Waals surface area contributed by atoms with E-state index in [0.29, 0.717) is 35.2 Å². The van der Waals surface area contributed by atoms with Gasteiger partial charge in [0.25, 0.3) is 0 Å². The van der Waals surface area contributed by atoms with Crippen LogP contribution in [0.25, 0.3) is 17.0 Å². The third-order valence-corrected chi connectivity index (χ3v) is 6.98. The summed E-state index contributed by atoms with van der Waals surface area (Å²) < 4.78 is 37.1. The molecule has 3 N–H and O–H groups in total. The van der Waals surface area contributed by atoms with Crippen molar-refractivity contribution in [1.29, 1.82) is 0 Å². The predicted molar refractivity (Wildman–Crippen MR) is 144 cm³/mol. The van der Waals surface area contributed by atoms with Crippen LogP contribution in [0.1, 0.15) is 16.9 Å². The lowest BCUT2D eigenvalue weighted by Gasteiger charge is -2.26. The summed E-state index contributed by atoms with van der Waals surface area (Å²) >= 11 is 7.26. The first-order valence-corrected chi connectivity index (χ1v) is 12.9. The number of nitrogens with two attached hydrogens (primary N) is 1. The minimum Gasteiger partial charge on any atom is -0.475 e. The number of nitrogen functional groups attached to an aromatic ring is 1. The van der Waals surface area contributed by atoms with E-state index in [0.717, 1.165) is 15.8 Å². The summed E-state index contributed by atoms with van der Waals surface area (Å²) in [7, 11) is 1.24. The van der Waals surface area contributed by atoms with Gasteiger partial charge in [0.1, 0.15) is 24.7 Å². The summed E-state index contributed by atoms with van der Waals surface area (Å²) in [6.45, 7) is 0.475. The van der Waals surface area contributed by atoms with Crippen LogP contribution >= 0.6 is 22.9 Å². The molecule has 0 saturated carbocycles. The lowest BCUT2D eigenvalue weighted by atomic mass is 10.1. The summed E-state index contributed by atoms with van der Waals surface area (Å²) in [5, 5.41) is 7.87. The summed E-state index contributed by atoms with van der Waals surface area (Å²) in [6.07, 6.45) is -0.327. The zero-order valence-corrected chi connectivity index (χ0v) is 22.9. The second-order valence-electron chi connectivity index (χ2n) is 8.50. The molecule has 3 heterocycles. The number of aromatic nitrogens is 2. The first kappa shape index (κ1) is 31.3. The number of carboxylic acids is 1. The number of likely N-dealkylation sites (tertiary alicyclic amines) is 1. The number of esters is 1. The number of amides is 2. The Balaban J connectivity index is 0.000000587. The number of nitrogens with zero attached hydrogens (tertiary/aromatic N) is 4. The van der Waals surface area contributed by atoms with Crippen molar-refractivity contribution in [3.05, 3.63) is 57.5 Å². The lowest BCUT2D eigenvalue weighted by molar-refractivity contribution is -0.192. The van der Waals surface area contributed by atoms with Gasteiger partial charge >= 0.3 is 18.1 Å². The SMILES string of the molecule is COC(=O)CN(C(=O)C=Cc1ccc(Cl)s1)[C@H]1CCN(Cc2ccc3c(N)ncnc3c2)C1=O.O=C(O)C(F)(F)F. The Morgan fingerprint density at radius 2 is 1.98 bits per heavy atom. The number of carboxylic acid groups (broad SMARTS) is 1. The Morgan fingerprint density at radius 3 is 2.59 bits per heavy atom. The Bertz CT molecular complexity index is 1480. The molecule has 41 heavy (non-hydrogen) atoms. The molecule has 1 aliphatic rings. The van der Waals surface area contributed by atoms with Crippen LogP contribution in [-0.2, 0) is 30.5 Å². The molecule has 11 nitrogen and oxygen atoms in total. The summed E-state index contributed by atoms with van der Waals surface area (Å²) in [5.74, 6) is -3.64. The number of methoxy groups -OCH3 is 1. The molecule has 1 saturated heterocycles. The van der Waals surface area contributed by atoms with E-state index in [2.05, 4.69) is 9.97 Å². The number of carbonyl (C=O) groups excluding carboxylic acids is 3. The number of alkyl halides is 3. The van der Waals surface area contributed by atoms with Crippen LogP contribution in [0.5, 0.6) is 0 Å². The van der Waals surface area contributed by atoms with Crippen molar-refractivity contribution < 1.29 is 42.2 Å². The number of ether oxygens (including phenoxy) is 1. The van der Waals surface area contributed by atoms with E-state index < -0.39 is 30.1 Å². The highest BCUT2D eigenvalue weighted by Crippen LogP contribution is 2.25. The molecule has 1 fully saturated rings. The second kappa shape index (κ2) is 13.4. The Kier molecular flexibility index (Phi) is 10.2. The van der Waals surface area contributed by atoms with E-state index >= 15 is 0 Å². The van der Waals surface area contributed by atoms with Gasteiger partial charge in [0.2, 0.25) is 11.8 Å². The van der Waals surface area contributed by atoms with E-state index in [4.69, 9.17) is 32.0 Å². The largest absolute Gasteiger partial charge is 0.490 e. The third kappa shape index (κ3) is 8.38. The van der Waals surface area contributed by atoms with Gasteiger partial charge < -0.3 is 25.4 Å². The highest BCUT2D eigenvalue weighted by Gasteiger charge is 2.39. The summed E-state index contributed by atoms with van der Waals surface area (Å²) in [6, 6.07) is 8.31. The standard InChI is InChI=1S/C23H22ClN5O4S.C2HF3O2/c1-33-21(31)12-29(20(30)7-4-15-3-6-19(24)34-15)18-8-9-28(23(18)32)11-14-2-5-16-17(10-14)26-13-27-22(16)25;3-2(4,5)1(6)7/h2-7,10,13,18H,8-9,11-12H2,1H3,(H2,25,26,27);(H,6,7)/t18-;/m0./s1. The van der Waals surface area contributed by atoms with Crippen molar-refractivity contribution >= 4 is 69.5 Å². The Morgan fingerprint density at radius 1 is 1.27 bits per heavy atom. The van der Waals surface area contributed by atoms with Crippen molar-refractivity contribution in [2.75, 3.05) is 25.9 Å². The van der Waals surface area contributed by atoms with Gasteiger partial charge in [0, 0.05) is 29.4 Å². The average molecular weight is 614 g/mol. The van der Waals surface area contributed by atoms with E-state index in [1.165, 1.54) is 35.7 Å². The minimum atomic E-state index is -5.08. The van der Waals surface area contributed by atoms with Crippen molar-refractivity contribution in [2.24, 2.45) is 0 Å². The zero-order chi connectivity index (χ0) is 30.3. The number of rotatable bonds is 7. The molecule has 0 aliphatic carbocycles. The molecule has 1 aliphatic heterocycles. The molecule has 1 atom stereocenters. The molecule has 2 amide bonds. The quantitative estimate of drug-likeness (QED) is 0.301. The van der Waals surface area contributed by atoms with Gasteiger partial charge in [-0.2, -0.15) is 13.2 Å². The third-order valence-electron chi connectivity index (χ3n) is 5.79. The maximum Gasteiger partial charge on any atom is 0.490 e. The van der Waals surface area contributed by atoms with Crippen LogP contribution in [0.15, 0.2) is 42.7 Å². The number of anilines is 1. The van der Waals surface area contributed by atoms with Crippen LogP contribution in [0.3, 0.4) is 0 Å². The maximum absolute atomic E-state index is 13.2. The van der Waals surface area contributed by atoms with E-state index in [1.807, 2.05) is 18.2 Å². The summed E-state index contributed by atoms with van der Waals surface area (Å²) in [4.78, 5) is 59.0. The van der Waals surface area contributed by atoms with Crippen molar-refractivity contribution in [2.45, 2.75) is 25.2 Å². The van der Waals surface area contributed by atoms with Crippen LogP contribution in [0.2, 0.25) is 4.34 Å².